The van der Waals surface area contributed by atoms with Gasteiger partial charge in [-0.15, -0.1) is 0 Å². The Balaban J connectivity index is 1.85. The molecule has 0 unspecified atom stereocenters. The summed E-state index contributed by atoms with van der Waals surface area (Å²) < 4.78 is 5.44. The molecular formula is C21H18N2O4. The first-order valence-corrected chi connectivity index (χ1v) is 8.27. The number of rotatable bonds is 5. The number of fused-ring (bicyclic) bond motifs is 1. The Morgan fingerprint density at radius 1 is 0.963 bits per heavy atom. The highest BCUT2D eigenvalue weighted by atomic mass is 16.6. The monoisotopic (exact) mass is 362 g/mol. The quantitative estimate of drug-likeness (QED) is 0.385. The van der Waals surface area contributed by atoms with Crippen molar-refractivity contribution >= 4 is 34.9 Å². The highest BCUT2D eigenvalue weighted by molar-refractivity contribution is 5.83. The highest BCUT2D eigenvalue weighted by Crippen LogP contribution is 2.21. The number of hydrogen-bond acceptors (Lipinski definition) is 5. The van der Waals surface area contributed by atoms with E-state index in [4.69, 9.17) is 4.42 Å². The molecule has 0 atom stereocenters. The lowest BCUT2D eigenvalue weighted by Gasteiger charge is -2.12. The van der Waals surface area contributed by atoms with Gasteiger partial charge in [0.1, 0.15) is 5.58 Å². The van der Waals surface area contributed by atoms with Crippen LogP contribution in [0.4, 0.5) is 5.69 Å². The summed E-state index contributed by atoms with van der Waals surface area (Å²) in [5.74, 6) is 0. The van der Waals surface area contributed by atoms with Crippen molar-refractivity contribution in [3.63, 3.8) is 0 Å². The molecule has 0 aliphatic carbocycles. The number of nitro groups is 1. The molecule has 1 heterocycles. The molecule has 0 spiro atoms. The molecule has 3 rings (SSSR count). The summed E-state index contributed by atoms with van der Waals surface area (Å²) in [6, 6.07) is 14.7. The van der Waals surface area contributed by atoms with Crippen molar-refractivity contribution in [3.8, 4) is 0 Å². The summed E-state index contributed by atoms with van der Waals surface area (Å²) in [4.78, 5) is 24.0. The van der Waals surface area contributed by atoms with Gasteiger partial charge in [-0.25, -0.2) is 4.79 Å². The maximum absolute atomic E-state index is 12.2. The SMILES string of the molecule is CN(C)c1ccc2cc(/C=C/c3ccc(/C=C/[N+](=O)[O-])cc3)c(=O)oc2c1. The fourth-order valence-electron chi connectivity index (χ4n) is 2.56. The van der Waals surface area contributed by atoms with Gasteiger partial charge in [-0.3, -0.25) is 10.1 Å². The van der Waals surface area contributed by atoms with E-state index >= 15 is 0 Å². The van der Waals surface area contributed by atoms with Gasteiger partial charge in [0, 0.05) is 37.3 Å². The zero-order valence-corrected chi connectivity index (χ0v) is 15.0. The molecule has 6 heteroatoms. The lowest BCUT2D eigenvalue weighted by Crippen LogP contribution is -2.08. The third kappa shape index (κ3) is 4.49. The molecule has 0 saturated carbocycles. The summed E-state index contributed by atoms with van der Waals surface area (Å²) in [7, 11) is 3.85. The van der Waals surface area contributed by atoms with Gasteiger partial charge in [0.15, 0.2) is 0 Å². The summed E-state index contributed by atoms with van der Waals surface area (Å²) in [6.45, 7) is 0. The average molecular weight is 362 g/mol. The van der Waals surface area contributed by atoms with Crippen LogP contribution in [-0.2, 0) is 0 Å². The van der Waals surface area contributed by atoms with Crippen LogP contribution in [0.2, 0.25) is 0 Å². The molecule has 1 aromatic heterocycles. The largest absolute Gasteiger partial charge is 0.422 e. The summed E-state index contributed by atoms with van der Waals surface area (Å²) in [6.07, 6.45) is 5.82. The first kappa shape index (κ1) is 18.1. The van der Waals surface area contributed by atoms with E-state index in [2.05, 4.69) is 0 Å². The van der Waals surface area contributed by atoms with E-state index in [0.29, 0.717) is 11.1 Å². The van der Waals surface area contributed by atoms with Crippen LogP contribution < -0.4 is 10.5 Å². The Morgan fingerprint density at radius 3 is 2.26 bits per heavy atom. The van der Waals surface area contributed by atoms with E-state index < -0.39 is 10.5 Å². The van der Waals surface area contributed by atoms with E-state index in [0.717, 1.165) is 28.4 Å². The van der Waals surface area contributed by atoms with Crippen LogP contribution in [-0.4, -0.2) is 19.0 Å². The van der Waals surface area contributed by atoms with E-state index in [9.17, 15) is 14.9 Å². The average Bonchev–Trinajstić information content (AvgIpc) is 2.65. The van der Waals surface area contributed by atoms with Crippen LogP contribution in [0.1, 0.15) is 16.7 Å². The third-order valence-electron chi connectivity index (χ3n) is 4.04. The molecule has 0 bridgehead atoms. The first-order chi connectivity index (χ1) is 12.9. The molecule has 0 N–H and O–H groups in total. The van der Waals surface area contributed by atoms with Crippen molar-refractivity contribution in [2.24, 2.45) is 0 Å². The molecular weight excluding hydrogens is 344 g/mol. The van der Waals surface area contributed by atoms with Crippen LogP contribution in [0.15, 0.2) is 63.9 Å². The Morgan fingerprint density at radius 2 is 1.63 bits per heavy atom. The predicted molar refractivity (Wildman–Crippen MR) is 108 cm³/mol. The van der Waals surface area contributed by atoms with E-state index in [1.54, 1.807) is 30.4 Å². The molecule has 0 aliphatic heterocycles. The molecule has 0 saturated heterocycles. The van der Waals surface area contributed by atoms with E-state index in [1.807, 2.05) is 49.3 Å². The molecule has 27 heavy (non-hydrogen) atoms. The van der Waals surface area contributed by atoms with Gasteiger partial charge in [-0.2, -0.15) is 0 Å². The van der Waals surface area contributed by atoms with Crippen LogP contribution in [0.25, 0.3) is 29.2 Å². The van der Waals surface area contributed by atoms with Crippen LogP contribution in [0.5, 0.6) is 0 Å². The number of benzene rings is 2. The van der Waals surface area contributed by atoms with Gasteiger partial charge in [-0.1, -0.05) is 30.3 Å². The van der Waals surface area contributed by atoms with Gasteiger partial charge in [-0.05, 0) is 35.4 Å². The van der Waals surface area contributed by atoms with Crippen LogP contribution in [0, 0.1) is 10.1 Å². The molecule has 3 aromatic rings. The van der Waals surface area contributed by atoms with Crippen molar-refractivity contribution in [1.29, 1.82) is 0 Å². The second-order valence-corrected chi connectivity index (χ2v) is 6.21. The standard InChI is InChI=1S/C21H18N2O4/c1-22(2)19-10-9-17-13-18(21(24)27-20(17)14-19)8-7-15-3-5-16(6-4-15)11-12-23(25)26/h3-14H,1-2H3/b8-7+,12-11+. The maximum Gasteiger partial charge on any atom is 0.343 e. The Kier molecular flexibility index (Phi) is 5.17. The van der Waals surface area contributed by atoms with Gasteiger partial charge in [0.25, 0.3) is 0 Å². The number of hydrogen-bond donors (Lipinski definition) is 0. The van der Waals surface area contributed by atoms with Gasteiger partial charge in [0.05, 0.1) is 10.5 Å². The van der Waals surface area contributed by atoms with Crippen molar-refractivity contribution in [2.45, 2.75) is 0 Å². The smallest absolute Gasteiger partial charge is 0.343 e. The van der Waals surface area contributed by atoms with Crippen molar-refractivity contribution in [1.82, 2.24) is 0 Å². The van der Waals surface area contributed by atoms with Crippen molar-refractivity contribution in [3.05, 3.63) is 92.0 Å². The zero-order chi connectivity index (χ0) is 19.4. The highest BCUT2D eigenvalue weighted by Gasteiger charge is 2.05. The summed E-state index contributed by atoms with van der Waals surface area (Å²) >= 11 is 0. The third-order valence-corrected chi connectivity index (χ3v) is 4.04. The Bertz CT molecular complexity index is 1090. The Labute approximate surface area is 155 Å². The molecule has 2 aromatic carbocycles. The van der Waals surface area contributed by atoms with Crippen molar-refractivity contribution in [2.75, 3.05) is 19.0 Å². The van der Waals surface area contributed by atoms with Crippen LogP contribution in [0.3, 0.4) is 0 Å². The normalized spacial score (nSPS) is 11.5. The van der Waals surface area contributed by atoms with E-state index in [1.165, 1.54) is 6.08 Å². The topological polar surface area (TPSA) is 76.6 Å². The first-order valence-electron chi connectivity index (χ1n) is 8.27. The minimum absolute atomic E-state index is 0.403. The molecule has 136 valence electrons. The fraction of sp³-hybridized carbons (Fsp3) is 0.0952. The number of anilines is 1. The lowest BCUT2D eigenvalue weighted by molar-refractivity contribution is -0.400. The van der Waals surface area contributed by atoms with Gasteiger partial charge in [0.2, 0.25) is 6.20 Å². The summed E-state index contributed by atoms with van der Waals surface area (Å²) in [5, 5.41) is 11.2. The molecule has 0 amide bonds. The number of nitrogens with zero attached hydrogens (tertiary/aromatic N) is 2. The van der Waals surface area contributed by atoms with E-state index in [-0.39, 0.29) is 0 Å². The Hall–Kier alpha value is -3.67. The molecule has 0 aliphatic rings. The van der Waals surface area contributed by atoms with Gasteiger partial charge < -0.3 is 9.32 Å². The predicted octanol–water partition coefficient (Wildman–Crippen LogP) is 4.28. The minimum Gasteiger partial charge on any atom is -0.422 e. The second kappa shape index (κ2) is 7.70. The molecule has 0 fully saturated rings. The summed E-state index contributed by atoms with van der Waals surface area (Å²) in [5.41, 5.74) is 3.16. The molecule has 6 nitrogen and oxygen atoms in total. The minimum atomic E-state index is -0.506. The van der Waals surface area contributed by atoms with Gasteiger partial charge >= 0.3 is 5.63 Å². The second-order valence-electron chi connectivity index (χ2n) is 6.21. The zero-order valence-electron chi connectivity index (χ0n) is 15.0. The maximum atomic E-state index is 12.2. The molecule has 0 radical (unpaired) electrons. The van der Waals surface area contributed by atoms with Crippen molar-refractivity contribution < 1.29 is 9.34 Å². The fourth-order valence-corrected chi connectivity index (χ4v) is 2.56. The van der Waals surface area contributed by atoms with Crippen LogP contribution >= 0.6 is 0 Å². The lowest BCUT2D eigenvalue weighted by atomic mass is 10.1.